The summed E-state index contributed by atoms with van der Waals surface area (Å²) in [6, 6.07) is 16.0. The van der Waals surface area contributed by atoms with Crippen LogP contribution in [0.25, 0.3) is 17.0 Å². The van der Waals surface area contributed by atoms with Crippen LogP contribution in [0.5, 0.6) is 0 Å². The second-order valence-electron chi connectivity index (χ2n) is 7.76. The van der Waals surface area contributed by atoms with Crippen LogP contribution in [0.3, 0.4) is 0 Å². The molecule has 0 aliphatic heterocycles. The van der Waals surface area contributed by atoms with Gasteiger partial charge in [0.1, 0.15) is 0 Å². The molecule has 0 aliphatic carbocycles. The molecule has 0 spiro atoms. The molecule has 158 valence electrons. The Morgan fingerprint density at radius 1 is 1.03 bits per heavy atom. The summed E-state index contributed by atoms with van der Waals surface area (Å²) in [6.45, 7) is 8.00. The summed E-state index contributed by atoms with van der Waals surface area (Å²) in [7, 11) is 0. The minimum Gasteiger partial charge on any atom is -0.441 e. The lowest BCUT2D eigenvalue weighted by atomic mass is 10.1. The van der Waals surface area contributed by atoms with E-state index >= 15 is 0 Å². The number of oxazole rings is 1. The number of carbonyl (C=O) groups is 1. The number of carbonyl (C=O) groups excluding carboxylic acids is 1. The highest BCUT2D eigenvalue weighted by Crippen LogP contribution is 2.25. The van der Waals surface area contributed by atoms with Gasteiger partial charge in [-0.3, -0.25) is 4.79 Å². The second-order valence-corrected chi connectivity index (χ2v) is 7.76. The van der Waals surface area contributed by atoms with Crippen LogP contribution in [0.4, 0.5) is 5.69 Å². The fourth-order valence-electron chi connectivity index (χ4n) is 3.52. The van der Waals surface area contributed by atoms with Gasteiger partial charge in [-0.05, 0) is 57.0 Å². The first-order valence-electron chi connectivity index (χ1n) is 10.4. The molecule has 0 atom stereocenters. The molecule has 1 N–H and O–H groups in total. The van der Waals surface area contributed by atoms with Crippen molar-refractivity contribution in [2.45, 2.75) is 40.5 Å². The van der Waals surface area contributed by atoms with Crippen molar-refractivity contribution in [1.82, 2.24) is 14.8 Å². The number of aryl methyl sites for hydroxylation is 4. The van der Waals surface area contributed by atoms with E-state index in [1.54, 1.807) is 6.20 Å². The molecule has 0 saturated heterocycles. The van der Waals surface area contributed by atoms with Crippen molar-refractivity contribution in [3.63, 3.8) is 0 Å². The fourth-order valence-corrected chi connectivity index (χ4v) is 3.52. The quantitative estimate of drug-likeness (QED) is 0.463. The number of benzene rings is 2. The van der Waals surface area contributed by atoms with Crippen LogP contribution in [-0.2, 0) is 11.2 Å². The summed E-state index contributed by atoms with van der Waals surface area (Å²) in [5, 5.41) is 7.57. The molecule has 2 heterocycles. The van der Waals surface area contributed by atoms with Gasteiger partial charge < -0.3 is 9.73 Å². The highest BCUT2D eigenvalue weighted by molar-refractivity contribution is 5.92. The number of nitrogens with zero attached hydrogens (tertiary/aromatic N) is 3. The van der Waals surface area contributed by atoms with E-state index in [-0.39, 0.29) is 12.3 Å². The lowest BCUT2D eigenvalue weighted by Crippen LogP contribution is -2.13. The van der Waals surface area contributed by atoms with Crippen molar-refractivity contribution in [2.75, 3.05) is 5.32 Å². The van der Waals surface area contributed by atoms with Crippen molar-refractivity contribution < 1.29 is 9.21 Å². The molecule has 0 bridgehead atoms. The molecular weight excluding hydrogens is 388 g/mol. The Morgan fingerprint density at radius 2 is 1.81 bits per heavy atom. The molecule has 6 nitrogen and oxygen atoms in total. The van der Waals surface area contributed by atoms with Crippen LogP contribution in [0.2, 0.25) is 0 Å². The van der Waals surface area contributed by atoms with Crippen molar-refractivity contribution in [3.8, 4) is 17.0 Å². The normalized spacial score (nSPS) is 11.0. The summed E-state index contributed by atoms with van der Waals surface area (Å²) in [5.74, 6) is 1.18. The van der Waals surface area contributed by atoms with Gasteiger partial charge in [-0.1, -0.05) is 30.3 Å². The molecule has 0 unspecified atom stereocenters. The summed E-state index contributed by atoms with van der Waals surface area (Å²) in [4.78, 5) is 16.9. The van der Waals surface area contributed by atoms with Gasteiger partial charge in [-0.25, -0.2) is 9.67 Å². The molecule has 31 heavy (non-hydrogen) atoms. The van der Waals surface area contributed by atoms with Gasteiger partial charge in [0.2, 0.25) is 5.91 Å². The third kappa shape index (κ3) is 4.43. The second kappa shape index (κ2) is 8.60. The van der Waals surface area contributed by atoms with Gasteiger partial charge in [-0.15, -0.1) is 0 Å². The summed E-state index contributed by atoms with van der Waals surface area (Å²) in [5.41, 5.74) is 6.82. The predicted octanol–water partition coefficient (Wildman–Crippen LogP) is 5.33. The van der Waals surface area contributed by atoms with Crippen LogP contribution in [0, 0.1) is 27.7 Å². The summed E-state index contributed by atoms with van der Waals surface area (Å²) in [6.07, 6.45) is 2.43. The largest absolute Gasteiger partial charge is 0.441 e. The molecule has 2 aromatic carbocycles. The Balaban J connectivity index is 1.41. The molecule has 0 saturated carbocycles. The van der Waals surface area contributed by atoms with Crippen LogP contribution in [0.15, 0.2) is 59.1 Å². The van der Waals surface area contributed by atoms with Gasteiger partial charge in [0, 0.05) is 18.4 Å². The van der Waals surface area contributed by atoms with Crippen LogP contribution in [-0.4, -0.2) is 20.7 Å². The molecule has 0 radical (unpaired) electrons. The zero-order chi connectivity index (χ0) is 22.0. The van der Waals surface area contributed by atoms with E-state index < -0.39 is 0 Å². The first-order chi connectivity index (χ1) is 14.9. The monoisotopic (exact) mass is 414 g/mol. The Morgan fingerprint density at radius 3 is 2.55 bits per heavy atom. The zero-order valence-electron chi connectivity index (χ0n) is 18.3. The predicted molar refractivity (Wildman–Crippen MR) is 121 cm³/mol. The van der Waals surface area contributed by atoms with E-state index in [0.29, 0.717) is 18.1 Å². The SMILES string of the molecule is Cc1ccc(-c2cnc(CCC(=O)Nc3c(C)nn(-c4ccccc4)c3C)o2)cc1C. The van der Waals surface area contributed by atoms with Crippen LogP contribution >= 0.6 is 0 Å². The van der Waals surface area contributed by atoms with Crippen molar-refractivity contribution in [1.29, 1.82) is 0 Å². The topological polar surface area (TPSA) is 73.0 Å². The molecular formula is C25H26N4O2. The molecule has 1 amide bonds. The van der Waals surface area contributed by atoms with Crippen molar-refractivity contribution in [2.24, 2.45) is 0 Å². The Bertz CT molecular complexity index is 1220. The smallest absolute Gasteiger partial charge is 0.224 e. The van der Waals surface area contributed by atoms with Gasteiger partial charge in [0.05, 0.1) is 29.0 Å². The maximum atomic E-state index is 12.6. The van der Waals surface area contributed by atoms with E-state index in [2.05, 4.69) is 41.4 Å². The number of nitrogens with one attached hydrogen (secondary N) is 1. The van der Waals surface area contributed by atoms with E-state index in [4.69, 9.17) is 4.42 Å². The Labute approximate surface area is 181 Å². The first-order valence-corrected chi connectivity index (χ1v) is 10.4. The van der Waals surface area contributed by atoms with Gasteiger partial charge in [-0.2, -0.15) is 5.10 Å². The number of amides is 1. The maximum Gasteiger partial charge on any atom is 0.224 e. The van der Waals surface area contributed by atoms with E-state index in [0.717, 1.165) is 28.3 Å². The molecule has 4 rings (SSSR count). The van der Waals surface area contributed by atoms with Gasteiger partial charge in [0.25, 0.3) is 0 Å². The van der Waals surface area contributed by atoms with E-state index in [1.165, 1.54) is 11.1 Å². The van der Waals surface area contributed by atoms with Crippen LogP contribution in [0.1, 0.15) is 34.8 Å². The summed E-state index contributed by atoms with van der Waals surface area (Å²) >= 11 is 0. The lowest BCUT2D eigenvalue weighted by Gasteiger charge is -2.06. The fraction of sp³-hybridized carbons (Fsp3) is 0.240. The highest BCUT2D eigenvalue weighted by Gasteiger charge is 2.16. The van der Waals surface area contributed by atoms with Gasteiger partial charge in [0.15, 0.2) is 11.7 Å². The first kappa shape index (κ1) is 20.6. The molecule has 0 fully saturated rings. The maximum absolute atomic E-state index is 12.6. The zero-order valence-corrected chi connectivity index (χ0v) is 18.3. The van der Waals surface area contributed by atoms with E-state index in [9.17, 15) is 4.79 Å². The van der Waals surface area contributed by atoms with Crippen molar-refractivity contribution in [3.05, 3.63) is 83.1 Å². The number of anilines is 1. The van der Waals surface area contributed by atoms with Gasteiger partial charge >= 0.3 is 0 Å². The Kier molecular flexibility index (Phi) is 5.71. The van der Waals surface area contributed by atoms with E-state index in [1.807, 2.05) is 54.9 Å². The number of aromatic nitrogens is 3. The minimum atomic E-state index is -0.0928. The molecule has 2 aromatic heterocycles. The third-order valence-electron chi connectivity index (χ3n) is 5.47. The van der Waals surface area contributed by atoms with Crippen LogP contribution < -0.4 is 5.32 Å². The molecule has 0 aliphatic rings. The minimum absolute atomic E-state index is 0.0928. The molecule has 4 aromatic rings. The highest BCUT2D eigenvalue weighted by atomic mass is 16.4. The molecule has 6 heteroatoms. The standard InChI is InChI=1S/C25H26N4O2/c1-16-10-11-20(14-17(16)2)22-15-26-24(31-22)13-12-23(30)27-25-18(3)28-29(19(25)4)21-8-6-5-7-9-21/h5-11,14-15H,12-13H2,1-4H3,(H,27,30). The number of hydrogen-bond acceptors (Lipinski definition) is 4. The third-order valence-corrected chi connectivity index (χ3v) is 5.47. The average Bonchev–Trinajstić information content (AvgIpc) is 3.35. The average molecular weight is 415 g/mol. The Hall–Kier alpha value is -3.67. The number of para-hydroxylation sites is 1. The van der Waals surface area contributed by atoms with Crippen molar-refractivity contribution >= 4 is 11.6 Å². The lowest BCUT2D eigenvalue weighted by molar-refractivity contribution is -0.116. The number of rotatable bonds is 6. The number of hydrogen-bond donors (Lipinski definition) is 1. The summed E-state index contributed by atoms with van der Waals surface area (Å²) < 4.78 is 7.71.